The second-order valence-electron chi connectivity index (χ2n) is 4.71. The zero-order chi connectivity index (χ0) is 15.9. The van der Waals surface area contributed by atoms with Gasteiger partial charge in [0.05, 0.1) is 6.61 Å². The molecule has 2 rings (SSSR count). The number of hydrogen-bond donors (Lipinski definition) is 1. The van der Waals surface area contributed by atoms with Gasteiger partial charge in [-0.1, -0.05) is 17.7 Å². The minimum atomic E-state index is -0.233. The van der Waals surface area contributed by atoms with Crippen LogP contribution >= 0.6 is 11.6 Å². The van der Waals surface area contributed by atoms with Crippen molar-refractivity contribution in [3.05, 3.63) is 53.1 Å². The van der Waals surface area contributed by atoms with Gasteiger partial charge >= 0.3 is 0 Å². The van der Waals surface area contributed by atoms with Crippen LogP contribution in [0.5, 0.6) is 11.5 Å². The molecule has 0 aliphatic carbocycles. The van der Waals surface area contributed by atoms with Crippen LogP contribution in [0.2, 0.25) is 5.02 Å². The van der Waals surface area contributed by atoms with Crippen molar-refractivity contribution in [2.24, 2.45) is 0 Å². The third kappa shape index (κ3) is 4.67. The third-order valence-electron chi connectivity index (χ3n) is 2.92. The summed E-state index contributed by atoms with van der Waals surface area (Å²) in [6.07, 6.45) is 0. The van der Waals surface area contributed by atoms with Crippen molar-refractivity contribution in [3.8, 4) is 11.5 Å². The Labute approximate surface area is 135 Å². The number of ether oxygens (including phenoxy) is 2. The molecule has 0 unspecified atom stereocenters. The molecule has 0 radical (unpaired) electrons. The lowest BCUT2D eigenvalue weighted by Crippen LogP contribution is -2.20. The summed E-state index contributed by atoms with van der Waals surface area (Å²) in [4.78, 5) is 11.9. The summed E-state index contributed by atoms with van der Waals surface area (Å²) < 4.78 is 10.9. The molecule has 22 heavy (non-hydrogen) atoms. The van der Waals surface area contributed by atoms with Crippen molar-refractivity contribution < 1.29 is 14.3 Å². The lowest BCUT2D eigenvalue weighted by atomic mass is 10.2. The van der Waals surface area contributed by atoms with Crippen LogP contribution in [0.1, 0.15) is 12.5 Å². The average Bonchev–Trinajstić information content (AvgIpc) is 2.47. The summed E-state index contributed by atoms with van der Waals surface area (Å²) >= 11 is 5.88. The zero-order valence-corrected chi connectivity index (χ0v) is 13.3. The Kier molecular flexibility index (Phi) is 5.67. The van der Waals surface area contributed by atoms with Crippen molar-refractivity contribution in [1.29, 1.82) is 0 Å². The molecule has 0 saturated heterocycles. The molecule has 116 valence electrons. The standard InChI is InChI=1S/C17H18ClNO3/c1-3-21-15-6-4-5-14(10-15)19-17(20)11-22-16-8-7-13(18)9-12(16)2/h4-10H,3,11H2,1-2H3,(H,19,20). The maximum atomic E-state index is 11.9. The topological polar surface area (TPSA) is 47.6 Å². The van der Waals surface area contributed by atoms with E-state index in [-0.39, 0.29) is 12.5 Å². The van der Waals surface area contributed by atoms with Gasteiger partial charge in [-0.15, -0.1) is 0 Å². The van der Waals surface area contributed by atoms with Gasteiger partial charge in [-0.2, -0.15) is 0 Å². The Morgan fingerprint density at radius 1 is 1.18 bits per heavy atom. The number of amides is 1. The highest BCUT2D eigenvalue weighted by Gasteiger charge is 2.06. The van der Waals surface area contributed by atoms with E-state index in [0.717, 1.165) is 11.3 Å². The summed E-state index contributed by atoms with van der Waals surface area (Å²) in [5.41, 5.74) is 1.56. The summed E-state index contributed by atoms with van der Waals surface area (Å²) in [5.74, 6) is 1.13. The lowest BCUT2D eigenvalue weighted by molar-refractivity contribution is -0.118. The van der Waals surface area contributed by atoms with E-state index in [1.165, 1.54) is 0 Å². The Balaban J connectivity index is 1.91. The van der Waals surface area contributed by atoms with Crippen LogP contribution in [0, 0.1) is 6.92 Å². The number of carbonyl (C=O) groups excluding carboxylic acids is 1. The van der Waals surface area contributed by atoms with Crippen LogP contribution in [0.4, 0.5) is 5.69 Å². The Hall–Kier alpha value is -2.20. The molecule has 0 fully saturated rings. The molecule has 0 spiro atoms. The van der Waals surface area contributed by atoms with Crippen LogP contribution in [-0.4, -0.2) is 19.1 Å². The monoisotopic (exact) mass is 319 g/mol. The molecule has 1 N–H and O–H groups in total. The molecule has 0 bridgehead atoms. The first-order valence-corrected chi connectivity index (χ1v) is 7.38. The predicted molar refractivity (Wildman–Crippen MR) is 87.9 cm³/mol. The molecule has 4 nitrogen and oxygen atoms in total. The first-order valence-electron chi connectivity index (χ1n) is 7.00. The van der Waals surface area contributed by atoms with Gasteiger partial charge in [0.15, 0.2) is 6.61 Å². The fraction of sp³-hybridized carbons (Fsp3) is 0.235. The van der Waals surface area contributed by atoms with Crippen LogP contribution in [0.15, 0.2) is 42.5 Å². The largest absolute Gasteiger partial charge is 0.494 e. The first kappa shape index (κ1) is 16.2. The van der Waals surface area contributed by atoms with Gasteiger partial charge < -0.3 is 14.8 Å². The van der Waals surface area contributed by atoms with E-state index in [1.54, 1.807) is 30.3 Å². The zero-order valence-electron chi connectivity index (χ0n) is 12.6. The molecular weight excluding hydrogens is 302 g/mol. The molecule has 5 heteroatoms. The fourth-order valence-electron chi connectivity index (χ4n) is 1.95. The molecule has 1 amide bonds. The number of anilines is 1. The van der Waals surface area contributed by atoms with Crippen LogP contribution < -0.4 is 14.8 Å². The SMILES string of the molecule is CCOc1cccc(NC(=O)COc2ccc(Cl)cc2C)c1. The number of halogens is 1. The van der Waals surface area contributed by atoms with E-state index >= 15 is 0 Å². The van der Waals surface area contributed by atoms with Crippen molar-refractivity contribution in [2.45, 2.75) is 13.8 Å². The van der Waals surface area contributed by atoms with E-state index in [0.29, 0.717) is 23.1 Å². The van der Waals surface area contributed by atoms with Gasteiger partial charge in [0.25, 0.3) is 5.91 Å². The molecule has 0 aromatic heterocycles. The number of nitrogens with one attached hydrogen (secondary N) is 1. The minimum Gasteiger partial charge on any atom is -0.494 e. The van der Waals surface area contributed by atoms with E-state index in [4.69, 9.17) is 21.1 Å². The molecule has 0 saturated carbocycles. The summed E-state index contributed by atoms with van der Waals surface area (Å²) in [6, 6.07) is 12.5. The van der Waals surface area contributed by atoms with Gasteiger partial charge in [-0.3, -0.25) is 4.79 Å². The molecule has 0 aliphatic rings. The molecule has 2 aromatic rings. The minimum absolute atomic E-state index is 0.0681. The Bertz CT molecular complexity index is 658. The van der Waals surface area contributed by atoms with Gasteiger partial charge in [0.1, 0.15) is 11.5 Å². The number of benzene rings is 2. The van der Waals surface area contributed by atoms with Gasteiger partial charge in [0, 0.05) is 16.8 Å². The van der Waals surface area contributed by atoms with Crippen molar-refractivity contribution in [2.75, 3.05) is 18.5 Å². The van der Waals surface area contributed by atoms with Gasteiger partial charge in [0.2, 0.25) is 0 Å². The second kappa shape index (κ2) is 7.71. The normalized spacial score (nSPS) is 10.1. The van der Waals surface area contributed by atoms with E-state index in [9.17, 15) is 4.79 Å². The van der Waals surface area contributed by atoms with Crippen LogP contribution in [-0.2, 0) is 4.79 Å². The van der Waals surface area contributed by atoms with Crippen molar-refractivity contribution in [3.63, 3.8) is 0 Å². The van der Waals surface area contributed by atoms with Gasteiger partial charge in [-0.25, -0.2) is 0 Å². The third-order valence-corrected chi connectivity index (χ3v) is 3.16. The maximum absolute atomic E-state index is 11.9. The van der Waals surface area contributed by atoms with Crippen LogP contribution in [0.25, 0.3) is 0 Å². The number of aryl methyl sites for hydroxylation is 1. The Morgan fingerprint density at radius 2 is 2.00 bits per heavy atom. The highest BCUT2D eigenvalue weighted by atomic mass is 35.5. The van der Waals surface area contributed by atoms with Crippen molar-refractivity contribution >= 4 is 23.2 Å². The predicted octanol–water partition coefficient (Wildman–Crippen LogP) is 4.06. The van der Waals surface area contributed by atoms with E-state index < -0.39 is 0 Å². The van der Waals surface area contributed by atoms with E-state index in [1.807, 2.05) is 26.0 Å². The fourth-order valence-corrected chi connectivity index (χ4v) is 2.17. The summed E-state index contributed by atoms with van der Waals surface area (Å²) in [7, 11) is 0. The molecule has 0 atom stereocenters. The first-order chi connectivity index (χ1) is 10.6. The number of hydrogen-bond acceptors (Lipinski definition) is 3. The lowest BCUT2D eigenvalue weighted by Gasteiger charge is -2.10. The quantitative estimate of drug-likeness (QED) is 0.873. The van der Waals surface area contributed by atoms with Crippen LogP contribution in [0.3, 0.4) is 0 Å². The highest BCUT2D eigenvalue weighted by Crippen LogP contribution is 2.22. The summed E-state index contributed by atoms with van der Waals surface area (Å²) in [5, 5.41) is 3.41. The second-order valence-corrected chi connectivity index (χ2v) is 5.14. The maximum Gasteiger partial charge on any atom is 0.262 e. The number of rotatable bonds is 6. The molecular formula is C17H18ClNO3. The van der Waals surface area contributed by atoms with Gasteiger partial charge in [-0.05, 0) is 49.7 Å². The average molecular weight is 320 g/mol. The van der Waals surface area contributed by atoms with Crippen molar-refractivity contribution in [1.82, 2.24) is 0 Å². The smallest absolute Gasteiger partial charge is 0.262 e. The van der Waals surface area contributed by atoms with E-state index in [2.05, 4.69) is 5.32 Å². The number of carbonyl (C=O) groups is 1. The molecule has 2 aromatic carbocycles. The molecule has 0 aliphatic heterocycles. The Morgan fingerprint density at radius 3 is 2.73 bits per heavy atom. The molecule has 0 heterocycles. The highest BCUT2D eigenvalue weighted by molar-refractivity contribution is 6.30. The summed E-state index contributed by atoms with van der Waals surface area (Å²) in [6.45, 7) is 4.30.